The molecule has 0 aliphatic heterocycles. The highest BCUT2D eigenvalue weighted by Gasteiger charge is 2.39. The third-order valence-electron chi connectivity index (χ3n) is 7.05. The van der Waals surface area contributed by atoms with Gasteiger partial charge in [0.15, 0.2) is 0 Å². The zero-order valence-electron chi connectivity index (χ0n) is 23.8. The molecule has 5 aromatic rings. The van der Waals surface area contributed by atoms with Crippen molar-refractivity contribution in [2.24, 2.45) is 0 Å². The predicted octanol–water partition coefficient (Wildman–Crippen LogP) is 7.82. The molecule has 7 nitrogen and oxygen atoms in total. The number of para-hydroxylation sites is 3. The summed E-state index contributed by atoms with van der Waals surface area (Å²) in [5, 5.41) is 0.233. The molecule has 0 N–H and O–H groups in total. The Kier molecular flexibility index (Phi) is 8.46. The molecule has 5 rings (SSSR count). The van der Waals surface area contributed by atoms with E-state index >= 15 is 0 Å². The molecule has 1 atom stereocenters. The Hall–Kier alpha value is -5.07. The van der Waals surface area contributed by atoms with Crippen molar-refractivity contribution in [3.63, 3.8) is 0 Å². The lowest BCUT2D eigenvalue weighted by molar-refractivity contribution is -0.143. The van der Waals surface area contributed by atoms with Gasteiger partial charge in [0.05, 0.1) is 53.2 Å². The number of hydrogen-bond acceptors (Lipinski definition) is 5. The number of alkyl halides is 6. The summed E-state index contributed by atoms with van der Waals surface area (Å²) >= 11 is 0. The van der Waals surface area contributed by atoms with E-state index in [-0.39, 0.29) is 47.4 Å². The number of carbonyl (C=O) groups excluding carboxylic acids is 1. The average molecular weight is 630 g/mol. The summed E-state index contributed by atoms with van der Waals surface area (Å²) in [6.07, 6.45) is -9.04. The molecule has 45 heavy (non-hydrogen) atoms. The van der Waals surface area contributed by atoms with Gasteiger partial charge in [0.2, 0.25) is 0 Å². The van der Waals surface area contributed by atoms with Gasteiger partial charge in [0, 0.05) is 5.56 Å². The van der Waals surface area contributed by atoms with Gasteiger partial charge in [-0.3, -0.25) is 14.2 Å². The van der Waals surface area contributed by atoms with Crippen molar-refractivity contribution >= 4 is 16.8 Å². The Balaban J connectivity index is 1.74. The van der Waals surface area contributed by atoms with Crippen LogP contribution in [0.15, 0.2) is 94.3 Å². The van der Waals surface area contributed by atoms with Gasteiger partial charge in [-0.1, -0.05) is 24.3 Å². The summed E-state index contributed by atoms with van der Waals surface area (Å²) in [7, 11) is 0. The number of amides is 1. The second-order valence-corrected chi connectivity index (χ2v) is 10.0. The summed E-state index contributed by atoms with van der Waals surface area (Å²) in [4.78, 5) is 33.7. The molecule has 1 amide bonds. The number of carbonyl (C=O) groups is 1. The molecule has 0 bridgehead atoms. The molecule has 13 heteroatoms. The van der Waals surface area contributed by atoms with Crippen molar-refractivity contribution < 1.29 is 40.3 Å². The molecule has 0 aliphatic rings. The summed E-state index contributed by atoms with van der Waals surface area (Å²) < 4.78 is 94.5. The summed E-state index contributed by atoms with van der Waals surface area (Å²) in [5.41, 5.74) is -4.14. The predicted molar refractivity (Wildman–Crippen MR) is 152 cm³/mol. The first-order valence-electron chi connectivity index (χ1n) is 13.7. The van der Waals surface area contributed by atoms with Crippen LogP contribution in [0.5, 0.6) is 5.75 Å². The molecule has 0 spiro atoms. The molecule has 0 aliphatic carbocycles. The number of nitrogens with zero attached hydrogens (tertiary/aromatic N) is 3. The lowest BCUT2D eigenvalue weighted by atomic mass is 10.0. The first-order valence-corrected chi connectivity index (χ1v) is 13.7. The molecule has 0 fully saturated rings. The van der Waals surface area contributed by atoms with Crippen molar-refractivity contribution in [3.8, 4) is 11.4 Å². The van der Waals surface area contributed by atoms with Gasteiger partial charge >= 0.3 is 12.4 Å². The van der Waals surface area contributed by atoms with Crippen LogP contribution >= 0.6 is 0 Å². The molecular formula is C32H25F6N3O4. The van der Waals surface area contributed by atoms with Crippen LogP contribution < -0.4 is 10.3 Å². The number of fused-ring (bicyclic) bond motifs is 1. The summed E-state index contributed by atoms with van der Waals surface area (Å²) in [6.45, 7) is 3.09. The fourth-order valence-corrected chi connectivity index (χ4v) is 4.92. The van der Waals surface area contributed by atoms with Gasteiger partial charge in [-0.05, 0) is 68.4 Å². The number of furan rings is 1. The van der Waals surface area contributed by atoms with Crippen LogP contribution in [0.2, 0.25) is 0 Å². The molecule has 3 aromatic carbocycles. The lowest BCUT2D eigenvalue weighted by Gasteiger charge is -2.30. The van der Waals surface area contributed by atoms with E-state index in [9.17, 15) is 35.9 Å². The fourth-order valence-electron chi connectivity index (χ4n) is 4.92. The maximum atomic E-state index is 14.0. The molecule has 1 unspecified atom stereocenters. The largest absolute Gasteiger partial charge is 0.492 e. The van der Waals surface area contributed by atoms with E-state index in [1.165, 1.54) is 29.9 Å². The Morgan fingerprint density at radius 1 is 0.933 bits per heavy atom. The first kappa shape index (κ1) is 31.4. The Morgan fingerprint density at radius 3 is 2.20 bits per heavy atom. The van der Waals surface area contributed by atoms with Crippen LogP contribution in [0.3, 0.4) is 0 Å². The smallest absolute Gasteiger partial charge is 0.416 e. The van der Waals surface area contributed by atoms with Gasteiger partial charge in [0.1, 0.15) is 17.3 Å². The molecule has 234 valence electrons. The Bertz CT molecular complexity index is 1870. The van der Waals surface area contributed by atoms with Gasteiger partial charge in [-0.15, -0.1) is 0 Å². The topological polar surface area (TPSA) is 77.6 Å². The van der Waals surface area contributed by atoms with Crippen LogP contribution in [-0.4, -0.2) is 27.0 Å². The van der Waals surface area contributed by atoms with Crippen molar-refractivity contribution in [3.05, 3.63) is 124 Å². The highest BCUT2D eigenvalue weighted by Crippen LogP contribution is 2.37. The van der Waals surface area contributed by atoms with E-state index in [0.717, 1.165) is 4.90 Å². The number of benzene rings is 3. The van der Waals surface area contributed by atoms with Gasteiger partial charge in [-0.25, -0.2) is 4.98 Å². The molecule has 0 saturated heterocycles. The molecule has 2 aromatic heterocycles. The van der Waals surface area contributed by atoms with E-state index in [4.69, 9.17) is 9.15 Å². The van der Waals surface area contributed by atoms with Crippen molar-refractivity contribution in [1.29, 1.82) is 0 Å². The van der Waals surface area contributed by atoms with Gasteiger partial charge in [-0.2, -0.15) is 26.3 Å². The fraction of sp³-hybridized carbons (Fsp3) is 0.219. The molecule has 0 radical (unpaired) electrons. The number of hydrogen-bond donors (Lipinski definition) is 0. The van der Waals surface area contributed by atoms with Gasteiger partial charge < -0.3 is 14.1 Å². The number of ether oxygens (including phenoxy) is 1. The summed E-state index contributed by atoms with van der Waals surface area (Å²) in [5.74, 6) is -0.705. The van der Waals surface area contributed by atoms with E-state index in [2.05, 4.69) is 4.98 Å². The number of halogens is 6. The zero-order valence-corrected chi connectivity index (χ0v) is 23.8. The summed E-state index contributed by atoms with van der Waals surface area (Å²) in [6, 6.07) is 15.5. The van der Waals surface area contributed by atoms with Crippen LogP contribution in [0.4, 0.5) is 26.3 Å². The Labute approximate surface area is 252 Å². The lowest BCUT2D eigenvalue weighted by Crippen LogP contribution is -2.37. The highest BCUT2D eigenvalue weighted by molar-refractivity contribution is 5.95. The second-order valence-electron chi connectivity index (χ2n) is 10.0. The van der Waals surface area contributed by atoms with Crippen molar-refractivity contribution in [2.75, 3.05) is 6.61 Å². The number of rotatable bonds is 8. The van der Waals surface area contributed by atoms with Crippen LogP contribution in [0.25, 0.3) is 16.6 Å². The average Bonchev–Trinajstić information content (AvgIpc) is 3.52. The minimum Gasteiger partial charge on any atom is -0.492 e. The third-order valence-corrected chi connectivity index (χ3v) is 7.05. The quantitative estimate of drug-likeness (QED) is 0.164. The van der Waals surface area contributed by atoms with Crippen LogP contribution in [0.1, 0.15) is 53.0 Å². The number of aromatic nitrogens is 2. The first-order chi connectivity index (χ1) is 21.3. The van der Waals surface area contributed by atoms with E-state index in [0.29, 0.717) is 17.9 Å². The SMILES string of the molecule is CCOc1ccccc1-n1c(C(C)N(Cc2ccco2)C(=O)c2cc(C(F)(F)F)cc(C(F)(F)F)c2)nc2ccccc2c1=O. The minimum absolute atomic E-state index is 0.0196. The highest BCUT2D eigenvalue weighted by atomic mass is 19.4. The zero-order chi connectivity index (χ0) is 32.5. The van der Waals surface area contributed by atoms with Gasteiger partial charge in [0.25, 0.3) is 11.5 Å². The maximum Gasteiger partial charge on any atom is 0.416 e. The minimum atomic E-state index is -5.17. The van der Waals surface area contributed by atoms with E-state index < -0.39 is 46.6 Å². The maximum absolute atomic E-state index is 14.0. The normalized spacial score (nSPS) is 12.7. The van der Waals surface area contributed by atoms with Crippen LogP contribution in [-0.2, 0) is 18.9 Å². The molecule has 2 heterocycles. The van der Waals surface area contributed by atoms with E-state index in [1.807, 2.05) is 0 Å². The van der Waals surface area contributed by atoms with Crippen molar-refractivity contribution in [1.82, 2.24) is 14.5 Å². The van der Waals surface area contributed by atoms with E-state index in [1.54, 1.807) is 55.5 Å². The monoisotopic (exact) mass is 629 g/mol. The molecular weight excluding hydrogens is 604 g/mol. The Morgan fingerprint density at radius 2 is 1.58 bits per heavy atom. The standard InChI is InChI=1S/C32H25F6N3O4/c1-3-44-27-13-7-6-12-26(27)41-28(39-25-11-5-4-10-24(25)30(41)43)19(2)40(18-23-9-8-14-45-23)29(42)20-15-21(31(33,34)35)17-22(16-20)32(36,37)38/h4-17,19H,3,18H2,1-2H3. The molecule has 0 saturated carbocycles. The van der Waals surface area contributed by atoms with Crippen molar-refractivity contribution in [2.45, 2.75) is 38.8 Å². The second kappa shape index (κ2) is 12.1. The third kappa shape index (κ3) is 6.42. The van der Waals surface area contributed by atoms with Crippen LogP contribution in [0, 0.1) is 0 Å².